The third-order valence-corrected chi connectivity index (χ3v) is 9.08. The molecule has 0 bridgehead atoms. The number of aromatic nitrogens is 5. The number of anilines is 4. The molecule has 1 aliphatic heterocycles. The molecule has 54 heavy (non-hydrogen) atoms. The number of ether oxygens (including phenoxy) is 2. The first-order chi connectivity index (χ1) is 26.1. The van der Waals surface area contributed by atoms with Gasteiger partial charge in [0.15, 0.2) is 0 Å². The van der Waals surface area contributed by atoms with Crippen LogP contribution in [0.1, 0.15) is 60.9 Å². The lowest BCUT2D eigenvalue weighted by Crippen LogP contribution is -2.28. The van der Waals surface area contributed by atoms with Gasteiger partial charge in [0.2, 0.25) is 0 Å². The molecule has 0 atom stereocenters. The molecule has 0 radical (unpaired) electrons. The van der Waals surface area contributed by atoms with Crippen molar-refractivity contribution in [2.24, 2.45) is 0 Å². The van der Waals surface area contributed by atoms with Crippen LogP contribution in [0.3, 0.4) is 0 Å². The Morgan fingerprint density at radius 1 is 0.796 bits per heavy atom. The number of fused-ring (bicyclic) bond motifs is 1. The summed E-state index contributed by atoms with van der Waals surface area (Å²) >= 11 is 0. The molecule has 3 aromatic carbocycles. The van der Waals surface area contributed by atoms with Crippen molar-refractivity contribution >= 4 is 45.9 Å². The zero-order chi connectivity index (χ0) is 37.7. The Labute approximate surface area is 313 Å². The third-order valence-electron chi connectivity index (χ3n) is 9.08. The van der Waals surface area contributed by atoms with Gasteiger partial charge in [-0.1, -0.05) is 57.2 Å². The van der Waals surface area contributed by atoms with Gasteiger partial charge >= 0.3 is 6.03 Å². The van der Waals surface area contributed by atoms with E-state index in [2.05, 4.69) is 51.7 Å². The summed E-state index contributed by atoms with van der Waals surface area (Å²) in [5, 5.41) is 15.7. The summed E-state index contributed by atoms with van der Waals surface area (Å²) < 4.78 is 13.3. The van der Waals surface area contributed by atoms with Gasteiger partial charge in [0.05, 0.1) is 36.1 Å². The van der Waals surface area contributed by atoms with E-state index in [4.69, 9.17) is 14.6 Å². The smallest absolute Gasteiger partial charge is 0.324 e. The van der Waals surface area contributed by atoms with Crippen LogP contribution in [0.5, 0.6) is 5.75 Å². The lowest BCUT2D eigenvalue weighted by atomic mass is 9.92. The summed E-state index contributed by atoms with van der Waals surface area (Å²) in [4.78, 5) is 41.1. The summed E-state index contributed by atoms with van der Waals surface area (Å²) in [7, 11) is 1.66. The minimum Gasteiger partial charge on any atom is -0.488 e. The Kier molecular flexibility index (Phi) is 10.5. The predicted molar refractivity (Wildman–Crippen MR) is 209 cm³/mol. The number of carbonyl (C=O) groups is 2. The van der Waals surface area contributed by atoms with E-state index < -0.39 is 6.03 Å². The molecule has 4 heterocycles. The van der Waals surface area contributed by atoms with E-state index in [1.54, 1.807) is 22.9 Å². The second kappa shape index (κ2) is 15.7. The van der Waals surface area contributed by atoms with Gasteiger partial charge in [-0.3, -0.25) is 10.1 Å². The number of nitrogens with one attached hydrogen (secondary N) is 3. The normalized spacial score (nSPS) is 12.9. The van der Waals surface area contributed by atoms with Gasteiger partial charge in [-0.2, -0.15) is 5.10 Å². The van der Waals surface area contributed by atoms with Crippen molar-refractivity contribution in [1.29, 1.82) is 0 Å². The van der Waals surface area contributed by atoms with Gasteiger partial charge in [-0.05, 0) is 60.4 Å². The minimum atomic E-state index is -0.402. The highest BCUT2D eigenvalue weighted by atomic mass is 16.5. The lowest BCUT2D eigenvalue weighted by molar-refractivity contribution is 0.0786. The van der Waals surface area contributed by atoms with E-state index in [0.29, 0.717) is 41.2 Å². The number of hydrogen-bond donors (Lipinski definition) is 3. The summed E-state index contributed by atoms with van der Waals surface area (Å²) in [5.74, 6) is 2.16. The van der Waals surface area contributed by atoms with Gasteiger partial charge in [0, 0.05) is 48.6 Å². The van der Waals surface area contributed by atoms with Gasteiger partial charge in [0.25, 0.3) is 5.91 Å². The van der Waals surface area contributed by atoms with Crippen LogP contribution in [-0.2, 0) is 23.4 Å². The molecular weight excluding hydrogens is 683 g/mol. The fraction of sp³-hybridized carbons (Fsp3) is 0.268. The minimum absolute atomic E-state index is 0.0948. The van der Waals surface area contributed by atoms with Crippen LogP contribution in [0.15, 0.2) is 97.5 Å². The maximum atomic E-state index is 13.5. The van der Waals surface area contributed by atoms with E-state index in [0.717, 1.165) is 59.2 Å². The first-order valence-electron chi connectivity index (χ1n) is 17.9. The molecule has 3 aromatic heterocycles. The SMILES string of the molecule is COCc1ccc(-n2nc(C(C)(C)C)cc2NC(=O)Nc2ccc(OCc3ccnc(Nc4cnc(C(=O)N5CCCC5)cn4)c3)c3ccccc23)cc1. The predicted octanol–water partition coefficient (Wildman–Crippen LogP) is 7.86. The van der Waals surface area contributed by atoms with Crippen molar-refractivity contribution in [2.75, 3.05) is 36.1 Å². The fourth-order valence-corrected chi connectivity index (χ4v) is 6.22. The maximum absolute atomic E-state index is 13.5. The van der Waals surface area contributed by atoms with Gasteiger partial charge in [-0.25, -0.2) is 24.4 Å². The second-order valence-electron chi connectivity index (χ2n) is 14.2. The van der Waals surface area contributed by atoms with Crippen molar-refractivity contribution < 1.29 is 19.1 Å². The Morgan fingerprint density at radius 3 is 2.30 bits per heavy atom. The molecule has 7 rings (SSSR count). The second-order valence-corrected chi connectivity index (χ2v) is 14.2. The van der Waals surface area contributed by atoms with E-state index >= 15 is 0 Å². The molecule has 1 fully saturated rings. The molecule has 1 saturated heterocycles. The topological polar surface area (TPSA) is 148 Å². The van der Waals surface area contributed by atoms with Crippen molar-refractivity contribution in [3.05, 3.63) is 120 Å². The molecule has 0 unspecified atom stereocenters. The zero-order valence-corrected chi connectivity index (χ0v) is 30.8. The molecule has 3 N–H and O–H groups in total. The average molecular weight is 726 g/mol. The Bertz CT molecular complexity index is 2260. The highest BCUT2D eigenvalue weighted by Gasteiger charge is 2.23. The number of hydrogen-bond acceptors (Lipinski definition) is 9. The fourth-order valence-electron chi connectivity index (χ4n) is 6.22. The number of methoxy groups -OCH3 is 1. The van der Waals surface area contributed by atoms with Crippen molar-refractivity contribution in [2.45, 2.75) is 52.2 Å². The van der Waals surface area contributed by atoms with Crippen LogP contribution in [-0.4, -0.2) is 61.8 Å². The molecule has 3 amide bonds. The van der Waals surface area contributed by atoms with E-state index in [1.807, 2.05) is 78.9 Å². The van der Waals surface area contributed by atoms with Crippen molar-refractivity contribution in [3.63, 3.8) is 0 Å². The molecule has 13 heteroatoms. The zero-order valence-electron chi connectivity index (χ0n) is 30.8. The molecule has 13 nitrogen and oxygen atoms in total. The molecule has 0 aliphatic carbocycles. The standard InChI is InChI=1S/C41H43N9O4/c1-41(2,3)35-22-38(50(48-35)29-13-11-27(12-14-29)25-53-4)47-40(52)45-32-15-16-34(31-10-6-5-9-30(31)32)54-26-28-17-18-42-36(21-28)46-37-24-43-33(23-44-37)39(51)49-19-7-8-20-49/h5-6,9-18,21-24H,7-8,19-20,25-26H2,1-4H3,(H,42,44,46)(H2,45,47,52). The summed E-state index contributed by atoms with van der Waals surface area (Å²) in [5.41, 5.74) is 4.31. The number of nitrogens with zero attached hydrogens (tertiary/aromatic N) is 6. The number of benzene rings is 3. The van der Waals surface area contributed by atoms with Crippen LogP contribution in [0.2, 0.25) is 0 Å². The van der Waals surface area contributed by atoms with E-state index in [9.17, 15) is 9.59 Å². The van der Waals surface area contributed by atoms with Gasteiger partial charge in [0.1, 0.15) is 35.5 Å². The Hall–Kier alpha value is -6.34. The van der Waals surface area contributed by atoms with E-state index in [1.165, 1.54) is 12.4 Å². The lowest BCUT2D eigenvalue weighted by Gasteiger charge is -2.15. The number of urea groups is 1. The monoisotopic (exact) mass is 725 g/mol. The highest BCUT2D eigenvalue weighted by Crippen LogP contribution is 2.33. The number of amides is 3. The number of pyridine rings is 1. The van der Waals surface area contributed by atoms with Crippen LogP contribution in [0.4, 0.5) is 27.9 Å². The van der Waals surface area contributed by atoms with E-state index in [-0.39, 0.29) is 17.9 Å². The Balaban J connectivity index is 1.02. The van der Waals surface area contributed by atoms with Crippen molar-refractivity contribution in [3.8, 4) is 11.4 Å². The summed E-state index contributed by atoms with van der Waals surface area (Å²) in [6.45, 7) is 8.55. The van der Waals surface area contributed by atoms with Gasteiger partial charge < -0.3 is 25.0 Å². The molecule has 0 saturated carbocycles. The molecule has 1 aliphatic rings. The van der Waals surface area contributed by atoms with Gasteiger partial charge in [-0.15, -0.1) is 0 Å². The van der Waals surface area contributed by atoms with Crippen LogP contribution in [0.25, 0.3) is 16.5 Å². The summed E-state index contributed by atoms with van der Waals surface area (Å²) in [6.07, 6.45) is 6.75. The van der Waals surface area contributed by atoms with Crippen LogP contribution >= 0.6 is 0 Å². The molecule has 6 aromatic rings. The van der Waals surface area contributed by atoms with Crippen molar-refractivity contribution in [1.82, 2.24) is 29.6 Å². The Morgan fingerprint density at radius 2 is 1.57 bits per heavy atom. The number of likely N-dealkylation sites (tertiary alicyclic amines) is 1. The first-order valence-corrected chi connectivity index (χ1v) is 17.9. The number of rotatable bonds is 11. The largest absolute Gasteiger partial charge is 0.488 e. The quantitative estimate of drug-likeness (QED) is 0.121. The molecule has 0 spiro atoms. The average Bonchev–Trinajstić information content (AvgIpc) is 3.87. The molecular formula is C41H43N9O4. The third kappa shape index (κ3) is 8.31. The first kappa shape index (κ1) is 36.0. The maximum Gasteiger partial charge on any atom is 0.324 e. The van der Waals surface area contributed by atoms with Crippen LogP contribution in [0, 0.1) is 0 Å². The highest BCUT2D eigenvalue weighted by molar-refractivity contribution is 6.07. The van der Waals surface area contributed by atoms with Crippen LogP contribution < -0.4 is 20.7 Å². The number of carbonyl (C=O) groups excluding carboxylic acids is 2. The molecule has 276 valence electrons. The summed E-state index contributed by atoms with van der Waals surface area (Å²) in [6, 6.07) is 24.6.